The molecule has 0 heterocycles. The van der Waals surface area contributed by atoms with Crippen LogP contribution in [0.3, 0.4) is 0 Å². The zero-order valence-corrected chi connectivity index (χ0v) is 8.97. The number of hydrogen-bond acceptors (Lipinski definition) is 3. The molecule has 86 valence electrons. The van der Waals surface area contributed by atoms with Crippen molar-refractivity contribution in [2.24, 2.45) is 5.18 Å². The van der Waals surface area contributed by atoms with E-state index in [1.54, 1.807) is 0 Å². The van der Waals surface area contributed by atoms with Gasteiger partial charge in [-0.3, -0.25) is 0 Å². The first kappa shape index (κ1) is 11.3. The average Bonchev–Trinajstić information content (AvgIpc) is 2.38. The molecule has 2 aromatic carbocycles. The lowest BCUT2D eigenvalue weighted by Crippen LogP contribution is -1.95. The molecule has 0 amide bonds. The lowest BCUT2D eigenvalue weighted by Gasteiger charge is -2.07. The van der Waals surface area contributed by atoms with Crippen LogP contribution in [0.25, 0.3) is 0 Å². The van der Waals surface area contributed by atoms with E-state index in [9.17, 15) is 9.30 Å². The highest BCUT2D eigenvalue weighted by Gasteiger charge is 2.06. The smallest absolute Gasteiger partial charge is 0.151 e. The lowest BCUT2D eigenvalue weighted by molar-refractivity contribution is 0.306. The topological polar surface area (TPSA) is 38.7 Å². The Labute approximate surface area is 97.8 Å². The molecular formula is C13H10FNO2. The molecule has 17 heavy (non-hydrogen) atoms. The Morgan fingerprint density at radius 2 is 1.88 bits per heavy atom. The number of nitroso groups, excluding NO2 is 1. The molecule has 2 aromatic rings. The van der Waals surface area contributed by atoms with Crippen molar-refractivity contribution in [3.63, 3.8) is 0 Å². The van der Waals surface area contributed by atoms with Crippen molar-refractivity contribution in [3.8, 4) is 5.75 Å². The zero-order chi connectivity index (χ0) is 12.1. The Kier molecular flexibility index (Phi) is 3.45. The highest BCUT2D eigenvalue weighted by atomic mass is 19.1. The molecule has 0 fully saturated rings. The minimum atomic E-state index is -0.458. The molecule has 0 aromatic heterocycles. The molecule has 0 aliphatic heterocycles. The summed E-state index contributed by atoms with van der Waals surface area (Å²) >= 11 is 0. The van der Waals surface area contributed by atoms with E-state index >= 15 is 0 Å². The molecule has 0 spiro atoms. The summed E-state index contributed by atoms with van der Waals surface area (Å²) in [6.45, 7) is 0.271. The third-order valence-electron chi connectivity index (χ3n) is 2.26. The minimum absolute atomic E-state index is 0.0994. The molecule has 0 aliphatic rings. The van der Waals surface area contributed by atoms with Gasteiger partial charge in [0, 0.05) is 6.07 Å². The van der Waals surface area contributed by atoms with E-state index in [-0.39, 0.29) is 18.0 Å². The fourth-order valence-corrected chi connectivity index (χ4v) is 1.41. The molecule has 0 bridgehead atoms. The monoisotopic (exact) mass is 231 g/mol. The van der Waals surface area contributed by atoms with Crippen LogP contribution in [0.15, 0.2) is 53.7 Å². The molecule has 2 rings (SSSR count). The van der Waals surface area contributed by atoms with E-state index in [1.807, 2.05) is 30.3 Å². The van der Waals surface area contributed by atoms with Crippen LogP contribution < -0.4 is 4.74 Å². The van der Waals surface area contributed by atoms with E-state index in [4.69, 9.17) is 4.74 Å². The van der Waals surface area contributed by atoms with Crippen molar-refractivity contribution in [3.05, 3.63) is 64.8 Å². The van der Waals surface area contributed by atoms with Gasteiger partial charge in [0.05, 0.1) is 0 Å². The van der Waals surface area contributed by atoms with Crippen molar-refractivity contribution in [2.75, 3.05) is 0 Å². The first-order valence-corrected chi connectivity index (χ1v) is 5.09. The Bertz CT molecular complexity index is 514. The van der Waals surface area contributed by atoms with Crippen molar-refractivity contribution in [2.45, 2.75) is 6.61 Å². The van der Waals surface area contributed by atoms with Crippen LogP contribution in [0.5, 0.6) is 5.75 Å². The zero-order valence-electron chi connectivity index (χ0n) is 8.97. The van der Waals surface area contributed by atoms with Crippen LogP contribution in [0.4, 0.5) is 10.1 Å². The Balaban J connectivity index is 2.13. The summed E-state index contributed by atoms with van der Waals surface area (Å²) in [6, 6.07) is 13.0. The Morgan fingerprint density at radius 3 is 2.59 bits per heavy atom. The quantitative estimate of drug-likeness (QED) is 0.750. The van der Waals surface area contributed by atoms with Gasteiger partial charge in [-0.15, -0.1) is 4.91 Å². The van der Waals surface area contributed by atoms with Crippen molar-refractivity contribution in [1.82, 2.24) is 0 Å². The predicted octanol–water partition coefficient (Wildman–Crippen LogP) is 3.80. The maximum Gasteiger partial charge on any atom is 0.151 e. The number of benzene rings is 2. The standard InChI is InChI=1S/C13H10FNO2/c14-11-6-7-12(15-16)13(8-11)17-9-10-4-2-1-3-5-10/h1-8H,9H2. The second-order valence-corrected chi connectivity index (χ2v) is 3.48. The van der Waals surface area contributed by atoms with Crippen molar-refractivity contribution in [1.29, 1.82) is 0 Å². The van der Waals surface area contributed by atoms with Gasteiger partial charge in [0.25, 0.3) is 0 Å². The summed E-state index contributed by atoms with van der Waals surface area (Å²) in [7, 11) is 0. The third kappa shape index (κ3) is 2.87. The number of rotatable bonds is 4. The maximum atomic E-state index is 13.0. The third-order valence-corrected chi connectivity index (χ3v) is 2.26. The molecule has 0 radical (unpaired) electrons. The summed E-state index contributed by atoms with van der Waals surface area (Å²) < 4.78 is 18.3. The normalized spacial score (nSPS) is 9.94. The average molecular weight is 231 g/mol. The van der Waals surface area contributed by atoms with Crippen LogP contribution >= 0.6 is 0 Å². The van der Waals surface area contributed by atoms with E-state index in [0.29, 0.717) is 0 Å². The number of halogens is 1. The summed E-state index contributed by atoms with van der Waals surface area (Å²) in [4.78, 5) is 10.5. The summed E-state index contributed by atoms with van der Waals surface area (Å²) in [5, 5.41) is 2.78. The highest BCUT2D eigenvalue weighted by molar-refractivity contribution is 5.51. The second-order valence-electron chi connectivity index (χ2n) is 3.48. The molecule has 0 saturated carbocycles. The summed E-state index contributed by atoms with van der Waals surface area (Å²) in [5.74, 6) is -0.302. The maximum absolute atomic E-state index is 13.0. The van der Waals surface area contributed by atoms with Crippen LogP contribution in [-0.4, -0.2) is 0 Å². The fourth-order valence-electron chi connectivity index (χ4n) is 1.41. The van der Waals surface area contributed by atoms with E-state index in [0.717, 1.165) is 11.6 Å². The van der Waals surface area contributed by atoms with Gasteiger partial charge in [-0.05, 0) is 22.9 Å². The molecule has 4 heteroatoms. The van der Waals surface area contributed by atoms with Crippen molar-refractivity contribution >= 4 is 5.69 Å². The van der Waals surface area contributed by atoms with E-state index in [2.05, 4.69) is 5.18 Å². The van der Waals surface area contributed by atoms with E-state index in [1.165, 1.54) is 12.1 Å². The van der Waals surface area contributed by atoms with Gasteiger partial charge in [-0.2, -0.15) is 0 Å². The van der Waals surface area contributed by atoms with Gasteiger partial charge in [-0.1, -0.05) is 30.3 Å². The largest absolute Gasteiger partial charge is 0.486 e. The second kappa shape index (κ2) is 5.21. The van der Waals surface area contributed by atoms with Crippen LogP contribution in [0, 0.1) is 10.7 Å². The van der Waals surface area contributed by atoms with Gasteiger partial charge in [0.1, 0.15) is 18.1 Å². The fraction of sp³-hybridized carbons (Fsp3) is 0.0769. The van der Waals surface area contributed by atoms with Gasteiger partial charge >= 0.3 is 0 Å². The molecule has 0 atom stereocenters. The number of ether oxygens (including phenoxy) is 1. The molecule has 0 aliphatic carbocycles. The first-order chi connectivity index (χ1) is 8.29. The number of nitrogens with zero attached hydrogens (tertiary/aromatic N) is 1. The molecule has 0 saturated heterocycles. The van der Waals surface area contributed by atoms with Crippen LogP contribution in [0.2, 0.25) is 0 Å². The Morgan fingerprint density at radius 1 is 1.12 bits per heavy atom. The Hall–Kier alpha value is -2.23. The van der Waals surface area contributed by atoms with E-state index < -0.39 is 5.82 Å². The minimum Gasteiger partial charge on any atom is -0.486 e. The summed E-state index contributed by atoms with van der Waals surface area (Å²) in [6.07, 6.45) is 0. The molecule has 3 nitrogen and oxygen atoms in total. The lowest BCUT2D eigenvalue weighted by atomic mass is 10.2. The van der Waals surface area contributed by atoms with Gasteiger partial charge in [-0.25, -0.2) is 4.39 Å². The van der Waals surface area contributed by atoms with Gasteiger partial charge < -0.3 is 4.74 Å². The van der Waals surface area contributed by atoms with Crippen molar-refractivity contribution < 1.29 is 9.13 Å². The summed E-state index contributed by atoms with van der Waals surface area (Å²) in [5.41, 5.74) is 1.04. The molecule has 0 N–H and O–H groups in total. The SMILES string of the molecule is O=Nc1ccc(F)cc1OCc1ccccc1. The van der Waals surface area contributed by atoms with Gasteiger partial charge in [0.15, 0.2) is 5.75 Å². The molecular weight excluding hydrogens is 221 g/mol. The number of hydrogen-bond donors (Lipinski definition) is 0. The van der Waals surface area contributed by atoms with Crippen LogP contribution in [0.1, 0.15) is 5.56 Å². The molecule has 0 unspecified atom stereocenters. The van der Waals surface area contributed by atoms with Gasteiger partial charge in [0.2, 0.25) is 0 Å². The highest BCUT2D eigenvalue weighted by Crippen LogP contribution is 2.28. The van der Waals surface area contributed by atoms with Crippen LogP contribution in [-0.2, 0) is 6.61 Å². The first-order valence-electron chi connectivity index (χ1n) is 5.09. The predicted molar refractivity (Wildman–Crippen MR) is 62.6 cm³/mol.